The van der Waals surface area contributed by atoms with Crippen molar-refractivity contribution in [2.45, 2.75) is 13.0 Å². The molecular weight excluding hydrogens is 312 g/mol. The summed E-state index contributed by atoms with van der Waals surface area (Å²) < 4.78 is 0. The molecule has 0 unspecified atom stereocenters. The Morgan fingerprint density at radius 1 is 0.792 bits per heavy atom. The molecule has 0 amide bonds. The standard InChI is InChI=1S/C21H20N2S/c1-16-9-8-12-18(15-16)20(17-10-4-2-5-11-17)23-21(24)22-19-13-6-3-7-14-19/h2-15,20H,1H3,(H2,22,23,24)/t20-/m1/s1. The van der Waals surface area contributed by atoms with Crippen LogP contribution < -0.4 is 10.6 Å². The number of aryl methyl sites for hydroxylation is 1. The molecule has 2 nitrogen and oxygen atoms in total. The number of hydrogen-bond donors (Lipinski definition) is 2. The first-order chi connectivity index (χ1) is 11.7. The largest absolute Gasteiger partial charge is 0.352 e. The molecule has 0 saturated heterocycles. The number of benzene rings is 3. The Labute approximate surface area is 148 Å². The fourth-order valence-corrected chi connectivity index (χ4v) is 2.91. The molecule has 3 rings (SSSR count). The van der Waals surface area contributed by atoms with Crippen LogP contribution in [0.4, 0.5) is 5.69 Å². The zero-order valence-corrected chi connectivity index (χ0v) is 14.4. The van der Waals surface area contributed by atoms with Gasteiger partial charge in [-0.15, -0.1) is 0 Å². The van der Waals surface area contributed by atoms with Crippen LogP contribution in [0.1, 0.15) is 22.7 Å². The van der Waals surface area contributed by atoms with Crippen molar-refractivity contribution in [1.29, 1.82) is 0 Å². The van der Waals surface area contributed by atoms with E-state index in [1.165, 1.54) is 16.7 Å². The van der Waals surface area contributed by atoms with E-state index in [1.807, 2.05) is 48.5 Å². The third kappa shape index (κ3) is 4.21. The van der Waals surface area contributed by atoms with E-state index in [9.17, 15) is 0 Å². The predicted octanol–water partition coefficient (Wildman–Crippen LogP) is 5.07. The van der Waals surface area contributed by atoms with Crippen molar-refractivity contribution in [3.05, 3.63) is 102 Å². The number of anilines is 1. The van der Waals surface area contributed by atoms with Crippen molar-refractivity contribution >= 4 is 23.0 Å². The smallest absolute Gasteiger partial charge is 0.171 e. The monoisotopic (exact) mass is 332 g/mol. The zero-order valence-electron chi connectivity index (χ0n) is 13.6. The minimum absolute atomic E-state index is 0.00909. The van der Waals surface area contributed by atoms with Crippen LogP contribution in [0.2, 0.25) is 0 Å². The topological polar surface area (TPSA) is 24.1 Å². The first-order valence-electron chi connectivity index (χ1n) is 7.96. The van der Waals surface area contributed by atoms with Crippen molar-refractivity contribution in [3.63, 3.8) is 0 Å². The van der Waals surface area contributed by atoms with Crippen LogP contribution in [0.5, 0.6) is 0 Å². The van der Waals surface area contributed by atoms with Gasteiger partial charge < -0.3 is 10.6 Å². The number of thiocarbonyl (C=S) groups is 1. The van der Waals surface area contributed by atoms with Gasteiger partial charge in [0.25, 0.3) is 0 Å². The van der Waals surface area contributed by atoms with Gasteiger partial charge in [0.15, 0.2) is 5.11 Å². The lowest BCUT2D eigenvalue weighted by atomic mass is 9.97. The van der Waals surface area contributed by atoms with Gasteiger partial charge in [0.1, 0.15) is 0 Å². The molecule has 0 aromatic heterocycles. The molecule has 0 spiro atoms. The number of para-hydroxylation sites is 1. The fourth-order valence-electron chi connectivity index (χ4n) is 2.67. The van der Waals surface area contributed by atoms with Crippen LogP contribution in [0.3, 0.4) is 0 Å². The van der Waals surface area contributed by atoms with Crippen molar-refractivity contribution in [2.24, 2.45) is 0 Å². The van der Waals surface area contributed by atoms with E-state index in [-0.39, 0.29) is 6.04 Å². The third-order valence-electron chi connectivity index (χ3n) is 3.82. The predicted molar refractivity (Wildman–Crippen MR) is 105 cm³/mol. The summed E-state index contributed by atoms with van der Waals surface area (Å²) in [5.41, 5.74) is 4.59. The van der Waals surface area contributed by atoms with Crippen LogP contribution in [0.15, 0.2) is 84.9 Å². The van der Waals surface area contributed by atoms with Crippen molar-refractivity contribution in [1.82, 2.24) is 5.32 Å². The van der Waals surface area contributed by atoms with Gasteiger partial charge >= 0.3 is 0 Å². The van der Waals surface area contributed by atoms with Gasteiger partial charge in [-0.3, -0.25) is 0 Å². The molecule has 1 atom stereocenters. The highest BCUT2D eigenvalue weighted by Gasteiger charge is 2.15. The van der Waals surface area contributed by atoms with Gasteiger partial charge in [0.2, 0.25) is 0 Å². The Morgan fingerprint density at radius 3 is 2.08 bits per heavy atom. The number of nitrogens with one attached hydrogen (secondary N) is 2. The molecular formula is C21H20N2S. The van der Waals surface area contributed by atoms with E-state index < -0.39 is 0 Å². The molecule has 0 saturated carbocycles. The van der Waals surface area contributed by atoms with E-state index in [0.29, 0.717) is 5.11 Å². The van der Waals surface area contributed by atoms with Crippen LogP contribution >= 0.6 is 12.2 Å². The third-order valence-corrected chi connectivity index (χ3v) is 4.04. The summed E-state index contributed by atoms with van der Waals surface area (Å²) in [6.07, 6.45) is 0. The van der Waals surface area contributed by atoms with Gasteiger partial charge in [0, 0.05) is 5.69 Å². The van der Waals surface area contributed by atoms with Gasteiger partial charge in [0.05, 0.1) is 6.04 Å². The molecule has 0 bridgehead atoms. The Bertz CT molecular complexity index is 800. The Kier molecular flexibility index (Phi) is 5.24. The normalized spacial score (nSPS) is 11.5. The molecule has 0 heterocycles. The van der Waals surface area contributed by atoms with Crippen molar-refractivity contribution in [3.8, 4) is 0 Å². The summed E-state index contributed by atoms with van der Waals surface area (Å²) in [7, 11) is 0. The summed E-state index contributed by atoms with van der Waals surface area (Å²) in [5.74, 6) is 0. The van der Waals surface area contributed by atoms with Gasteiger partial charge in [-0.05, 0) is 42.4 Å². The van der Waals surface area contributed by atoms with E-state index in [0.717, 1.165) is 5.69 Å². The molecule has 0 radical (unpaired) electrons. The minimum Gasteiger partial charge on any atom is -0.352 e. The van der Waals surface area contributed by atoms with Gasteiger partial charge in [-0.25, -0.2) is 0 Å². The molecule has 3 aromatic carbocycles. The maximum atomic E-state index is 5.52. The first-order valence-corrected chi connectivity index (χ1v) is 8.37. The summed E-state index contributed by atoms with van der Waals surface area (Å²) in [5, 5.41) is 7.30. The lowest BCUT2D eigenvalue weighted by molar-refractivity contribution is 0.768. The molecule has 0 fully saturated rings. The van der Waals surface area contributed by atoms with Gasteiger partial charge in [-0.1, -0.05) is 78.4 Å². The quantitative estimate of drug-likeness (QED) is 0.652. The highest BCUT2D eigenvalue weighted by atomic mass is 32.1. The Morgan fingerprint density at radius 2 is 1.42 bits per heavy atom. The van der Waals surface area contributed by atoms with Crippen LogP contribution in [-0.2, 0) is 0 Å². The summed E-state index contributed by atoms with van der Waals surface area (Å²) in [4.78, 5) is 0. The second kappa shape index (κ2) is 7.75. The van der Waals surface area contributed by atoms with E-state index in [2.05, 4.69) is 54.0 Å². The zero-order chi connectivity index (χ0) is 16.8. The van der Waals surface area contributed by atoms with Crippen LogP contribution in [-0.4, -0.2) is 5.11 Å². The van der Waals surface area contributed by atoms with E-state index >= 15 is 0 Å². The molecule has 120 valence electrons. The first kappa shape index (κ1) is 16.2. The minimum atomic E-state index is 0.00909. The maximum Gasteiger partial charge on any atom is 0.171 e. The molecule has 3 aromatic rings. The highest BCUT2D eigenvalue weighted by Crippen LogP contribution is 2.23. The number of rotatable bonds is 4. The molecule has 24 heavy (non-hydrogen) atoms. The average molecular weight is 332 g/mol. The van der Waals surface area contributed by atoms with Crippen LogP contribution in [0.25, 0.3) is 0 Å². The van der Waals surface area contributed by atoms with Crippen molar-refractivity contribution in [2.75, 3.05) is 5.32 Å². The molecule has 0 aliphatic carbocycles. The number of hydrogen-bond acceptors (Lipinski definition) is 1. The fraction of sp³-hybridized carbons (Fsp3) is 0.0952. The molecule has 0 aliphatic rings. The second-order valence-corrected chi connectivity index (χ2v) is 6.13. The van der Waals surface area contributed by atoms with E-state index in [4.69, 9.17) is 12.2 Å². The van der Waals surface area contributed by atoms with Crippen LogP contribution in [0, 0.1) is 6.92 Å². The summed E-state index contributed by atoms with van der Waals surface area (Å²) in [6, 6.07) is 28.8. The molecule has 2 N–H and O–H groups in total. The lowest BCUT2D eigenvalue weighted by Crippen LogP contribution is -2.33. The lowest BCUT2D eigenvalue weighted by Gasteiger charge is -2.22. The summed E-state index contributed by atoms with van der Waals surface area (Å²) in [6.45, 7) is 2.10. The van der Waals surface area contributed by atoms with E-state index in [1.54, 1.807) is 0 Å². The molecule has 3 heteroatoms. The Balaban J connectivity index is 1.84. The maximum absolute atomic E-state index is 5.52. The SMILES string of the molecule is Cc1cccc([C@H](NC(=S)Nc2ccccc2)c2ccccc2)c1. The van der Waals surface area contributed by atoms with Gasteiger partial charge in [-0.2, -0.15) is 0 Å². The second-order valence-electron chi connectivity index (χ2n) is 5.72. The molecule has 0 aliphatic heterocycles. The highest BCUT2D eigenvalue weighted by molar-refractivity contribution is 7.80. The average Bonchev–Trinajstić information content (AvgIpc) is 2.61. The summed E-state index contributed by atoms with van der Waals surface area (Å²) >= 11 is 5.52. The van der Waals surface area contributed by atoms with Crippen molar-refractivity contribution < 1.29 is 0 Å². The Hall–Kier alpha value is -2.65.